The molecule has 5 atom stereocenters. The lowest BCUT2D eigenvalue weighted by Gasteiger charge is -2.49. The lowest BCUT2D eigenvalue weighted by molar-refractivity contribution is -0.173. The van der Waals surface area contributed by atoms with E-state index in [2.05, 4.69) is 18.2 Å². The lowest BCUT2D eigenvalue weighted by atomic mass is 9.55. The first-order valence-corrected chi connectivity index (χ1v) is 6.33. The van der Waals surface area contributed by atoms with Gasteiger partial charge in [0.05, 0.1) is 0 Å². The standard InChI is InChI=1S/C14H14O3/c15-12-6-7-14(17-12)11-3-1-2-9(11)8-4-5-10(8)13(14)16/h1-2,4-5,8-11H,3,6-7H2. The number of carbonyl (C=O) groups is 2. The van der Waals surface area contributed by atoms with Crippen LogP contribution in [0.1, 0.15) is 19.3 Å². The lowest BCUT2D eigenvalue weighted by Crippen LogP contribution is -2.58. The zero-order valence-electron chi connectivity index (χ0n) is 9.46. The van der Waals surface area contributed by atoms with Gasteiger partial charge < -0.3 is 4.74 Å². The van der Waals surface area contributed by atoms with Gasteiger partial charge in [-0.15, -0.1) is 0 Å². The number of esters is 1. The molecule has 88 valence electrons. The predicted octanol–water partition coefficient (Wildman–Crippen LogP) is 1.64. The smallest absolute Gasteiger partial charge is 0.306 e. The Hall–Kier alpha value is -1.38. The topological polar surface area (TPSA) is 43.4 Å². The molecule has 0 bridgehead atoms. The third kappa shape index (κ3) is 0.985. The van der Waals surface area contributed by atoms with Gasteiger partial charge in [-0.25, -0.2) is 0 Å². The van der Waals surface area contributed by atoms with Crippen LogP contribution in [0.25, 0.3) is 0 Å². The zero-order chi connectivity index (χ0) is 11.6. The average molecular weight is 230 g/mol. The van der Waals surface area contributed by atoms with Gasteiger partial charge in [0.15, 0.2) is 11.4 Å². The first-order chi connectivity index (χ1) is 8.22. The van der Waals surface area contributed by atoms with Gasteiger partial charge >= 0.3 is 5.97 Å². The van der Waals surface area contributed by atoms with Crippen molar-refractivity contribution in [1.82, 2.24) is 0 Å². The summed E-state index contributed by atoms with van der Waals surface area (Å²) >= 11 is 0. The largest absolute Gasteiger partial charge is 0.451 e. The van der Waals surface area contributed by atoms with E-state index in [4.69, 9.17) is 4.74 Å². The molecule has 4 rings (SSSR count). The van der Waals surface area contributed by atoms with Crippen molar-refractivity contribution in [1.29, 1.82) is 0 Å². The van der Waals surface area contributed by atoms with E-state index in [0.29, 0.717) is 24.7 Å². The summed E-state index contributed by atoms with van der Waals surface area (Å²) in [6.07, 6.45) is 10.3. The summed E-state index contributed by atoms with van der Waals surface area (Å²) < 4.78 is 5.51. The van der Waals surface area contributed by atoms with Gasteiger partial charge in [-0.05, 0) is 18.3 Å². The van der Waals surface area contributed by atoms with Crippen molar-refractivity contribution in [3.63, 3.8) is 0 Å². The maximum absolute atomic E-state index is 12.5. The second-order valence-electron chi connectivity index (χ2n) is 5.56. The van der Waals surface area contributed by atoms with Gasteiger partial charge in [0.1, 0.15) is 0 Å². The molecule has 3 heteroatoms. The number of fused-ring (bicyclic) bond motifs is 4. The second kappa shape index (κ2) is 2.89. The molecule has 1 aliphatic heterocycles. The van der Waals surface area contributed by atoms with Crippen molar-refractivity contribution in [2.24, 2.45) is 23.7 Å². The highest BCUT2D eigenvalue weighted by molar-refractivity contribution is 5.97. The fraction of sp³-hybridized carbons (Fsp3) is 0.571. The Morgan fingerprint density at radius 2 is 2.06 bits per heavy atom. The van der Waals surface area contributed by atoms with Crippen LogP contribution in [-0.2, 0) is 14.3 Å². The molecule has 17 heavy (non-hydrogen) atoms. The van der Waals surface area contributed by atoms with Crippen LogP contribution in [-0.4, -0.2) is 17.4 Å². The third-order valence-corrected chi connectivity index (χ3v) is 4.93. The van der Waals surface area contributed by atoms with E-state index < -0.39 is 5.60 Å². The molecule has 5 unspecified atom stereocenters. The molecule has 0 radical (unpaired) electrons. The van der Waals surface area contributed by atoms with Crippen LogP contribution in [0.2, 0.25) is 0 Å². The SMILES string of the molecule is O=C1CCC2(O1)C(=O)C1C=CC1C1C=CCC12. The fourth-order valence-electron chi connectivity index (χ4n) is 4.04. The summed E-state index contributed by atoms with van der Waals surface area (Å²) in [5.74, 6) is 0.883. The highest BCUT2D eigenvalue weighted by Crippen LogP contribution is 2.56. The van der Waals surface area contributed by atoms with Crippen LogP contribution < -0.4 is 0 Å². The molecule has 2 fully saturated rings. The summed E-state index contributed by atoms with van der Waals surface area (Å²) in [4.78, 5) is 24.0. The maximum atomic E-state index is 12.5. The van der Waals surface area contributed by atoms with Crippen molar-refractivity contribution in [2.45, 2.75) is 24.9 Å². The van der Waals surface area contributed by atoms with E-state index in [9.17, 15) is 9.59 Å². The molecule has 0 aromatic heterocycles. The van der Waals surface area contributed by atoms with Gasteiger partial charge in [0.25, 0.3) is 0 Å². The number of carbonyl (C=O) groups excluding carboxylic acids is 2. The first-order valence-electron chi connectivity index (χ1n) is 6.33. The van der Waals surface area contributed by atoms with Crippen molar-refractivity contribution in [3.05, 3.63) is 24.3 Å². The summed E-state index contributed by atoms with van der Waals surface area (Å²) in [6.45, 7) is 0. The Bertz CT molecular complexity index is 476. The van der Waals surface area contributed by atoms with Crippen molar-refractivity contribution >= 4 is 11.8 Å². The summed E-state index contributed by atoms with van der Waals surface area (Å²) in [5.41, 5.74) is -0.794. The predicted molar refractivity (Wildman–Crippen MR) is 59.9 cm³/mol. The molecule has 0 aromatic carbocycles. The van der Waals surface area contributed by atoms with E-state index in [0.717, 1.165) is 6.42 Å². The first kappa shape index (κ1) is 9.63. The second-order valence-corrected chi connectivity index (χ2v) is 5.56. The molecule has 3 aliphatic carbocycles. The summed E-state index contributed by atoms with van der Waals surface area (Å²) in [5, 5.41) is 0. The summed E-state index contributed by atoms with van der Waals surface area (Å²) in [6, 6.07) is 0. The number of hydrogen-bond acceptors (Lipinski definition) is 3. The van der Waals surface area contributed by atoms with Gasteiger partial charge in [-0.3, -0.25) is 9.59 Å². The Kier molecular flexibility index (Phi) is 1.64. The number of ether oxygens (including phenoxy) is 1. The van der Waals surface area contributed by atoms with E-state index in [1.54, 1.807) is 0 Å². The molecule has 1 saturated heterocycles. The summed E-state index contributed by atoms with van der Waals surface area (Å²) in [7, 11) is 0. The van der Waals surface area contributed by atoms with E-state index in [-0.39, 0.29) is 23.6 Å². The number of Topliss-reactive ketones (excluding diaryl/α,β-unsaturated/α-hetero) is 1. The Balaban J connectivity index is 1.81. The van der Waals surface area contributed by atoms with Crippen LogP contribution in [0.4, 0.5) is 0 Å². The quantitative estimate of drug-likeness (QED) is 0.469. The van der Waals surface area contributed by atoms with E-state index >= 15 is 0 Å². The normalized spacial score (nSPS) is 50.1. The maximum Gasteiger partial charge on any atom is 0.306 e. The molecule has 1 saturated carbocycles. The molecular formula is C14H14O3. The molecule has 0 N–H and O–H groups in total. The zero-order valence-corrected chi connectivity index (χ0v) is 9.46. The van der Waals surface area contributed by atoms with Crippen molar-refractivity contribution < 1.29 is 14.3 Å². The molecular weight excluding hydrogens is 216 g/mol. The van der Waals surface area contributed by atoms with Gasteiger partial charge in [0.2, 0.25) is 0 Å². The van der Waals surface area contributed by atoms with Crippen molar-refractivity contribution in [3.8, 4) is 0 Å². The minimum absolute atomic E-state index is 0.00935. The molecule has 4 aliphatic rings. The minimum Gasteiger partial charge on any atom is -0.451 e. The van der Waals surface area contributed by atoms with Crippen LogP contribution in [0.15, 0.2) is 24.3 Å². The average Bonchev–Trinajstić information content (AvgIpc) is 2.83. The molecule has 0 amide bonds. The number of rotatable bonds is 0. The van der Waals surface area contributed by atoms with Gasteiger partial charge in [0, 0.05) is 24.7 Å². The van der Waals surface area contributed by atoms with Gasteiger partial charge in [-0.2, -0.15) is 0 Å². The van der Waals surface area contributed by atoms with Crippen LogP contribution >= 0.6 is 0 Å². The highest BCUT2D eigenvalue weighted by Gasteiger charge is 2.63. The monoisotopic (exact) mass is 230 g/mol. The number of allylic oxidation sites excluding steroid dienone is 4. The van der Waals surface area contributed by atoms with E-state index in [1.165, 1.54) is 0 Å². The number of hydrogen-bond donors (Lipinski definition) is 0. The van der Waals surface area contributed by atoms with E-state index in [1.807, 2.05) is 6.08 Å². The van der Waals surface area contributed by atoms with Crippen LogP contribution in [0.3, 0.4) is 0 Å². The van der Waals surface area contributed by atoms with Crippen LogP contribution in [0.5, 0.6) is 0 Å². The van der Waals surface area contributed by atoms with Crippen molar-refractivity contribution in [2.75, 3.05) is 0 Å². The Morgan fingerprint density at radius 1 is 1.18 bits per heavy atom. The molecule has 0 aromatic rings. The Morgan fingerprint density at radius 3 is 2.71 bits per heavy atom. The number of ketones is 1. The van der Waals surface area contributed by atoms with Crippen LogP contribution in [0, 0.1) is 23.7 Å². The highest BCUT2D eigenvalue weighted by atomic mass is 16.6. The fourth-order valence-corrected chi connectivity index (χ4v) is 4.04. The molecule has 1 heterocycles. The molecule has 3 nitrogen and oxygen atoms in total. The molecule has 1 spiro atoms. The minimum atomic E-state index is -0.794. The van der Waals surface area contributed by atoms with Gasteiger partial charge in [-0.1, -0.05) is 24.3 Å². The third-order valence-electron chi connectivity index (χ3n) is 4.93. The Labute approximate surface area is 99.5 Å².